The normalized spacial score (nSPS) is 29.6. The van der Waals surface area contributed by atoms with Crippen LogP contribution >= 0.6 is 0 Å². The Morgan fingerprint density at radius 2 is 2.00 bits per heavy atom. The third-order valence-electron chi connectivity index (χ3n) is 2.93. The van der Waals surface area contributed by atoms with Gasteiger partial charge in [-0.25, -0.2) is 0 Å². The number of methoxy groups -OCH3 is 2. The molecular formula is C10H18O4. The second-order valence-corrected chi connectivity index (χ2v) is 3.70. The molecule has 4 nitrogen and oxygen atoms in total. The lowest BCUT2D eigenvalue weighted by atomic mass is 9.79. The molecule has 0 radical (unpaired) electrons. The summed E-state index contributed by atoms with van der Waals surface area (Å²) < 4.78 is 9.57. The van der Waals surface area contributed by atoms with Gasteiger partial charge in [-0.3, -0.25) is 4.79 Å². The molecule has 0 saturated heterocycles. The molecule has 1 rings (SSSR count). The van der Waals surface area contributed by atoms with Crippen LogP contribution in [0.3, 0.4) is 0 Å². The van der Waals surface area contributed by atoms with Gasteiger partial charge in [0.1, 0.15) is 0 Å². The fraction of sp³-hybridized carbons (Fsp3) is 0.900. The standard InChI is InChI=1S/C10H18O4/c1-13-9(11)7-5-3-4-6-8(7)10(12)14-2/h7-9,11H,3-6H2,1-2H3. The minimum absolute atomic E-state index is 0.110. The molecule has 1 saturated carbocycles. The predicted molar refractivity (Wildman–Crippen MR) is 50.5 cm³/mol. The van der Waals surface area contributed by atoms with E-state index in [-0.39, 0.29) is 17.8 Å². The van der Waals surface area contributed by atoms with Gasteiger partial charge >= 0.3 is 5.97 Å². The summed E-state index contributed by atoms with van der Waals surface area (Å²) in [7, 11) is 2.83. The molecule has 1 aliphatic rings. The zero-order valence-electron chi connectivity index (χ0n) is 8.73. The van der Waals surface area contributed by atoms with Gasteiger partial charge in [-0.05, 0) is 12.8 Å². The van der Waals surface area contributed by atoms with Gasteiger partial charge in [0.2, 0.25) is 0 Å². The smallest absolute Gasteiger partial charge is 0.309 e. The lowest BCUT2D eigenvalue weighted by molar-refractivity contribution is -0.166. The predicted octanol–water partition coefficient (Wildman–Crippen LogP) is 0.931. The van der Waals surface area contributed by atoms with Gasteiger partial charge in [-0.15, -0.1) is 0 Å². The molecule has 1 fully saturated rings. The third kappa shape index (κ3) is 2.45. The molecule has 0 bridgehead atoms. The number of aliphatic hydroxyl groups is 1. The van der Waals surface area contributed by atoms with Crippen molar-refractivity contribution in [2.24, 2.45) is 11.8 Å². The van der Waals surface area contributed by atoms with E-state index >= 15 is 0 Å². The first-order valence-corrected chi connectivity index (χ1v) is 4.99. The van der Waals surface area contributed by atoms with Crippen molar-refractivity contribution in [2.75, 3.05) is 14.2 Å². The maximum absolute atomic E-state index is 11.4. The van der Waals surface area contributed by atoms with E-state index in [0.29, 0.717) is 0 Å². The van der Waals surface area contributed by atoms with Crippen molar-refractivity contribution in [3.05, 3.63) is 0 Å². The van der Waals surface area contributed by atoms with E-state index < -0.39 is 6.29 Å². The number of ether oxygens (including phenoxy) is 2. The minimum atomic E-state index is -0.848. The lowest BCUT2D eigenvalue weighted by Crippen LogP contribution is -2.36. The summed E-state index contributed by atoms with van der Waals surface area (Å²) in [6.45, 7) is 0. The summed E-state index contributed by atoms with van der Waals surface area (Å²) in [5.41, 5.74) is 0. The fourth-order valence-electron chi connectivity index (χ4n) is 2.12. The van der Waals surface area contributed by atoms with E-state index in [9.17, 15) is 9.90 Å². The molecule has 1 aliphatic carbocycles. The Morgan fingerprint density at radius 1 is 1.36 bits per heavy atom. The van der Waals surface area contributed by atoms with Crippen molar-refractivity contribution in [1.29, 1.82) is 0 Å². The largest absolute Gasteiger partial charge is 0.469 e. The van der Waals surface area contributed by atoms with Gasteiger partial charge in [0.25, 0.3) is 0 Å². The molecule has 4 heteroatoms. The zero-order chi connectivity index (χ0) is 10.6. The van der Waals surface area contributed by atoms with E-state index in [1.807, 2.05) is 0 Å². The average molecular weight is 202 g/mol. The summed E-state index contributed by atoms with van der Waals surface area (Å²) in [5.74, 6) is -0.546. The van der Waals surface area contributed by atoms with Crippen LogP contribution in [0.15, 0.2) is 0 Å². The fourth-order valence-corrected chi connectivity index (χ4v) is 2.12. The maximum Gasteiger partial charge on any atom is 0.309 e. The highest BCUT2D eigenvalue weighted by Crippen LogP contribution is 2.33. The van der Waals surface area contributed by atoms with Crippen molar-refractivity contribution in [3.8, 4) is 0 Å². The van der Waals surface area contributed by atoms with Gasteiger partial charge in [0.15, 0.2) is 6.29 Å². The minimum Gasteiger partial charge on any atom is -0.469 e. The second-order valence-electron chi connectivity index (χ2n) is 3.70. The van der Waals surface area contributed by atoms with E-state index in [1.165, 1.54) is 14.2 Å². The molecule has 0 heterocycles. The Hall–Kier alpha value is -0.610. The van der Waals surface area contributed by atoms with E-state index in [0.717, 1.165) is 25.7 Å². The van der Waals surface area contributed by atoms with E-state index in [2.05, 4.69) is 0 Å². The number of aliphatic hydroxyl groups excluding tert-OH is 1. The molecule has 0 aromatic carbocycles. The van der Waals surface area contributed by atoms with Crippen LogP contribution in [0.5, 0.6) is 0 Å². The molecule has 14 heavy (non-hydrogen) atoms. The molecule has 3 unspecified atom stereocenters. The SMILES string of the molecule is COC(=O)C1CCCCC1C(O)OC. The molecule has 0 aromatic rings. The molecule has 3 atom stereocenters. The molecule has 0 amide bonds. The zero-order valence-corrected chi connectivity index (χ0v) is 8.73. The molecule has 0 spiro atoms. The first-order valence-electron chi connectivity index (χ1n) is 4.99. The first kappa shape index (κ1) is 11.5. The number of esters is 1. The highest BCUT2D eigenvalue weighted by molar-refractivity contribution is 5.72. The van der Waals surface area contributed by atoms with Crippen LogP contribution in [0, 0.1) is 11.8 Å². The van der Waals surface area contributed by atoms with Gasteiger partial charge < -0.3 is 14.6 Å². The average Bonchev–Trinajstić information content (AvgIpc) is 2.27. The van der Waals surface area contributed by atoms with Crippen molar-refractivity contribution >= 4 is 5.97 Å². The third-order valence-corrected chi connectivity index (χ3v) is 2.93. The van der Waals surface area contributed by atoms with Crippen LogP contribution in [-0.2, 0) is 14.3 Å². The van der Waals surface area contributed by atoms with Crippen LogP contribution in [-0.4, -0.2) is 31.6 Å². The van der Waals surface area contributed by atoms with Crippen molar-refractivity contribution < 1.29 is 19.4 Å². The highest BCUT2D eigenvalue weighted by atomic mass is 16.6. The number of rotatable bonds is 3. The number of carbonyl (C=O) groups excluding carboxylic acids is 1. The molecule has 0 aromatic heterocycles. The number of hydrogen-bond donors (Lipinski definition) is 1. The van der Waals surface area contributed by atoms with Crippen LogP contribution in [0.2, 0.25) is 0 Å². The number of carbonyl (C=O) groups is 1. The Morgan fingerprint density at radius 3 is 2.57 bits per heavy atom. The van der Waals surface area contributed by atoms with Crippen molar-refractivity contribution in [2.45, 2.75) is 32.0 Å². The van der Waals surface area contributed by atoms with Gasteiger partial charge in [-0.2, -0.15) is 0 Å². The van der Waals surface area contributed by atoms with Gasteiger partial charge in [0.05, 0.1) is 13.0 Å². The second kappa shape index (κ2) is 5.32. The van der Waals surface area contributed by atoms with Crippen LogP contribution in [0.1, 0.15) is 25.7 Å². The Bertz CT molecular complexity index is 193. The van der Waals surface area contributed by atoms with Crippen LogP contribution in [0.25, 0.3) is 0 Å². The molecule has 0 aliphatic heterocycles. The Kier molecular flexibility index (Phi) is 4.35. The van der Waals surface area contributed by atoms with E-state index in [4.69, 9.17) is 9.47 Å². The topological polar surface area (TPSA) is 55.8 Å². The summed E-state index contributed by atoms with van der Waals surface area (Å²) in [5, 5.41) is 9.57. The first-order chi connectivity index (χ1) is 6.70. The Labute approximate surface area is 84.2 Å². The summed E-state index contributed by atoms with van der Waals surface area (Å²) >= 11 is 0. The van der Waals surface area contributed by atoms with Crippen LogP contribution in [0.4, 0.5) is 0 Å². The monoisotopic (exact) mass is 202 g/mol. The van der Waals surface area contributed by atoms with Gasteiger partial charge in [-0.1, -0.05) is 12.8 Å². The van der Waals surface area contributed by atoms with Crippen molar-refractivity contribution in [1.82, 2.24) is 0 Å². The Balaban J connectivity index is 2.63. The van der Waals surface area contributed by atoms with Crippen molar-refractivity contribution in [3.63, 3.8) is 0 Å². The summed E-state index contributed by atoms with van der Waals surface area (Å²) in [6, 6.07) is 0. The lowest BCUT2D eigenvalue weighted by Gasteiger charge is -2.31. The molecular weight excluding hydrogens is 184 g/mol. The number of hydrogen-bond acceptors (Lipinski definition) is 4. The molecule has 82 valence electrons. The quantitative estimate of drug-likeness (QED) is 0.546. The van der Waals surface area contributed by atoms with E-state index in [1.54, 1.807) is 0 Å². The molecule has 1 N–H and O–H groups in total. The van der Waals surface area contributed by atoms with Crippen LogP contribution < -0.4 is 0 Å². The summed E-state index contributed by atoms with van der Waals surface area (Å²) in [4.78, 5) is 11.4. The van der Waals surface area contributed by atoms with Gasteiger partial charge in [0, 0.05) is 13.0 Å². The highest BCUT2D eigenvalue weighted by Gasteiger charge is 2.36. The maximum atomic E-state index is 11.4. The summed E-state index contributed by atoms with van der Waals surface area (Å²) in [6.07, 6.45) is 2.83.